The normalized spacial score (nSPS) is 10.5. The summed E-state index contributed by atoms with van der Waals surface area (Å²) < 4.78 is 1.69. The van der Waals surface area contributed by atoms with Crippen molar-refractivity contribution in [3.05, 3.63) is 41.2 Å². The highest BCUT2D eigenvalue weighted by Crippen LogP contribution is 2.20. The summed E-state index contributed by atoms with van der Waals surface area (Å²) in [7, 11) is 1.84. The Balaban J connectivity index is 2.25. The Bertz CT molecular complexity index is 646. The van der Waals surface area contributed by atoms with Crippen molar-refractivity contribution >= 4 is 17.3 Å². The van der Waals surface area contributed by atoms with E-state index in [1.165, 1.54) is 0 Å². The average molecular weight is 286 g/mol. The van der Waals surface area contributed by atoms with Gasteiger partial charge in [-0.25, -0.2) is 0 Å². The van der Waals surface area contributed by atoms with E-state index in [4.69, 9.17) is 0 Å². The summed E-state index contributed by atoms with van der Waals surface area (Å²) in [6.45, 7) is 6.80. The molecule has 1 heterocycles. The van der Waals surface area contributed by atoms with Crippen LogP contribution in [0.4, 0.5) is 11.4 Å². The quantitative estimate of drug-likeness (QED) is 0.888. The van der Waals surface area contributed by atoms with Gasteiger partial charge in [-0.3, -0.25) is 9.48 Å². The topological polar surface area (TPSA) is 59.0 Å². The molecule has 5 heteroatoms. The van der Waals surface area contributed by atoms with Gasteiger partial charge in [0.05, 0.1) is 16.9 Å². The number of nitrogens with zero attached hydrogens (tertiary/aromatic N) is 2. The van der Waals surface area contributed by atoms with Gasteiger partial charge in [-0.2, -0.15) is 5.10 Å². The Kier molecular flexibility index (Phi) is 4.62. The summed E-state index contributed by atoms with van der Waals surface area (Å²) >= 11 is 0. The number of benzene rings is 1. The van der Waals surface area contributed by atoms with E-state index in [0.717, 1.165) is 35.6 Å². The zero-order valence-electron chi connectivity index (χ0n) is 13.0. The minimum atomic E-state index is -0.117. The average Bonchev–Trinajstić information content (AvgIpc) is 2.75. The Hall–Kier alpha value is -2.30. The van der Waals surface area contributed by atoms with E-state index < -0.39 is 0 Å². The summed E-state index contributed by atoms with van der Waals surface area (Å²) in [6.07, 6.45) is 2.82. The van der Waals surface area contributed by atoms with Gasteiger partial charge in [0.25, 0.3) is 5.91 Å². The van der Waals surface area contributed by atoms with Gasteiger partial charge in [0.1, 0.15) is 0 Å². The van der Waals surface area contributed by atoms with Crippen LogP contribution < -0.4 is 10.6 Å². The molecule has 0 fully saturated rings. The largest absolute Gasteiger partial charge is 0.384 e. The molecular formula is C16H22N4O. The summed E-state index contributed by atoms with van der Waals surface area (Å²) in [5.74, 6) is -0.117. The highest BCUT2D eigenvalue weighted by Gasteiger charge is 2.14. The second-order valence-electron chi connectivity index (χ2n) is 5.23. The summed E-state index contributed by atoms with van der Waals surface area (Å²) in [5.41, 5.74) is 4.13. The summed E-state index contributed by atoms with van der Waals surface area (Å²) in [6, 6.07) is 5.86. The summed E-state index contributed by atoms with van der Waals surface area (Å²) in [4.78, 5) is 12.5. The molecule has 1 amide bonds. The fourth-order valence-electron chi connectivity index (χ4n) is 2.17. The molecule has 0 radical (unpaired) electrons. The first-order valence-corrected chi connectivity index (χ1v) is 7.17. The van der Waals surface area contributed by atoms with E-state index in [-0.39, 0.29) is 5.91 Å². The third kappa shape index (κ3) is 3.62. The van der Waals surface area contributed by atoms with Crippen LogP contribution in [0.3, 0.4) is 0 Å². The van der Waals surface area contributed by atoms with E-state index >= 15 is 0 Å². The molecular weight excluding hydrogens is 264 g/mol. The second-order valence-corrected chi connectivity index (χ2v) is 5.23. The number of hydrogen-bond donors (Lipinski definition) is 2. The van der Waals surface area contributed by atoms with Gasteiger partial charge < -0.3 is 10.6 Å². The monoisotopic (exact) mass is 286 g/mol. The van der Waals surface area contributed by atoms with Crippen LogP contribution in [-0.4, -0.2) is 22.2 Å². The molecule has 5 nitrogen and oxygen atoms in total. The standard InChI is InChI=1S/C16H22N4O/c1-5-8-17-14-7-6-11(2)9-13(14)16(21)18-15-10-20(4)19-12(15)3/h6-7,9-10,17H,5,8H2,1-4H3,(H,18,21). The van der Waals surface area contributed by atoms with Crippen LogP contribution in [0.25, 0.3) is 0 Å². The molecule has 0 bridgehead atoms. The van der Waals surface area contributed by atoms with Crippen LogP contribution in [-0.2, 0) is 7.05 Å². The lowest BCUT2D eigenvalue weighted by molar-refractivity contribution is 0.102. The van der Waals surface area contributed by atoms with Gasteiger partial charge in [0.15, 0.2) is 0 Å². The van der Waals surface area contributed by atoms with Crippen molar-refractivity contribution in [1.29, 1.82) is 0 Å². The van der Waals surface area contributed by atoms with Crippen LogP contribution in [0.1, 0.15) is 35.0 Å². The van der Waals surface area contributed by atoms with Crippen molar-refractivity contribution < 1.29 is 4.79 Å². The van der Waals surface area contributed by atoms with E-state index in [2.05, 4.69) is 22.7 Å². The first kappa shape index (κ1) is 15.1. The lowest BCUT2D eigenvalue weighted by Crippen LogP contribution is -2.15. The lowest BCUT2D eigenvalue weighted by atomic mass is 10.1. The number of nitrogens with one attached hydrogen (secondary N) is 2. The number of amides is 1. The smallest absolute Gasteiger partial charge is 0.257 e. The van der Waals surface area contributed by atoms with Crippen molar-refractivity contribution in [2.75, 3.05) is 17.2 Å². The zero-order chi connectivity index (χ0) is 15.4. The molecule has 0 aliphatic carbocycles. The molecule has 0 unspecified atom stereocenters. The minimum absolute atomic E-state index is 0.117. The molecule has 0 spiro atoms. The van der Waals surface area contributed by atoms with E-state index in [9.17, 15) is 4.79 Å². The molecule has 0 saturated heterocycles. The second kappa shape index (κ2) is 6.43. The van der Waals surface area contributed by atoms with Crippen molar-refractivity contribution in [3.8, 4) is 0 Å². The maximum atomic E-state index is 12.5. The van der Waals surface area contributed by atoms with Gasteiger partial charge in [-0.05, 0) is 32.4 Å². The first-order chi connectivity index (χ1) is 10.0. The summed E-state index contributed by atoms with van der Waals surface area (Å²) in [5, 5.41) is 10.5. The van der Waals surface area contributed by atoms with Crippen LogP contribution in [0, 0.1) is 13.8 Å². The number of aryl methyl sites for hydroxylation is 3. The first-order valence-electron chi connectivity index (χ1n) is 7.17. The molecule has 2 rings (SSSR count). The number of rotatable bonds is 5. The third-order valence-corrected chi connectivity index (χ3v) is 3.25. The fourth-order valence-corrected chi connectivity index (χ4v) is 2.17. The fraction of sp³-hybridized carbons (Fsp3) is 0.375. The number of carbonyl (C=O) groups excluding carboxylic acids is 1. The van der Waals surface area contributed by atoms with Gasteiger partial charge in [0.2, 0.25) is 0 Å². The predicted octanol–water partition coefficient (Wildman–Crippen LogP) is 3.11. The number of anilines is 2. The Morgan fingerprint density at radius 3 is 2.67 bits per heavy atom. The van der Waals surface area contributed by atoms with Gasteiger partial charge >= 0.3 is 0 Å². The molecule has 1 aromatic heterocycles. The molecule has 0 aliphatic heterocycles. The van der Waals surface area contributed by atoms with Crippen molar-refractivity contribution in [1.82, 2.24) is 9.78 Å². The molecule has 0 atom stereocenters. The predicted molar refractivity (Wildman–Crippen MR) is 85.9 cm³/mol. The number of aromatic nitrogens is 2. The molecule has 112 valence electrons. The molecule has 1 aromatic carbocycles. The lowest BCUT2D eigenvalue weighted by Gasteiger charge is -2.12. The third-order valence-electron chi connectivity index (χ3n) is 3.25. The van der Waals surface area contributed by atoms with Gasteiger partial charge in [-0.15, -0.1) is 0 Å². The van der Waals surface area contributed by atoms with Crippen LogP contribution in [0.15, 0.2) is 24.4 Å². The van der Waals surface area contributed by atoms with Crippen molar-refractivity contribution in [2.45, 2.75) is 27.2 Å². The zero-order valence-corrected chi connectivity index (χ0v) is 13.0. The highest BCUT2D eigenvalue weighted by atomic mass is 16.1. The van der Waals surface area contributed by atoms with Crippen molar-refractivity contribution in [3.63, 3.8) is 0 Å². The van der Waals surface area contributed by atoms with Crippen LogP contribution in [0.2, 0.25) is 0 Å². The highest BCUT2D eigenvalue weighted by molar-refractivity contribution is 6.08. The molecule has 21 heavy (non-hydrogen) atoms. The molecule has 2 N–H and O–H groups in total. The maximum Gasteiger partial charge on any atom is 0.257 e. The minimum Gasteiger partial charge on any atom is -0.384 e. The van der Waals surface area contributed by atoms with Gasteiger partial charge in [0, 0.05) is 25.5 Å². The van der Waals surface area contributed by atoms with Crippen molar-refractivity contribution in [2.24, 2.45) is 7.05 Å². The SMILES string of the molecule is CCCNc1ccc(C)cc1C(=O)Nc1cn(C)nc1C. The van der Waals surface area contributed by atoms with Crippen LogP contribution >= 0.6 is 0 Å². The Morgan fingerprint density at radius 2 is 2.05 bits per heavy atom. The number of carbonyl (C=O) groups is 1. The number of hydrogen-bond acceptors (Lipinski definition) is 3. The molecule has 0 saturated carbocycles. The Labute approximate surface area is 125 Å². The van der Waals surface area contributed by atoms with E-state index in [1.54, 1.807) is 4.68 Å². The van der Waals surface area contributed by atoms with Crippen LogP contribution in [0.5, 0.6) is 0 Å². The van der Waals surface area contributed by atoms with E-state index in [1.807, 2.05) is 45.3 Å². The maximum absolute atomic E-state index is 12.5. The Morgan fingerprint density at radius 1 is 1.29 bits per heavy atom. The molecule has 0 aliphatic rings. The molecule has 2 aromatic rings. The van der Waals surface area contributed by atoms with Gasteiger partial charge in [-0.1, -0.05) is 18.6 Å². The van der Waals surface area contributed by atoms with E-state index in [0.29, 0.717) is 5.56 Å².